The fourth-order valence-electron chi connectivity index (χ4n) is 2.77. The van der Waals surface area contributed by atoms with Crippen LogP contribution in [0.15, 0.2) is 71.7 Å². The number of alkyl halides is 6. The Labute approximate surface area is 189 Å². The van der Waals surface area contributed by atoms with Gasteiger partial charge in [0.1, 0.15) is 5.84 Å². The molecule has 1 N–H and O–H groups in total. The molecule has 0 bridgehead atoms. The number of nitrogens with one attached hydrogen (secondary N) is 1. The molecule has 0 atom stereocenters. The van der Waals surface area contributed by atoms with E-state index in [0.717, 1.165) is 42.0 Å². The van der Waals surface area contributed by atoms with E-state index in [1.165, 1.54) is 0 Å². The van der Waals surface area contributed by atoms with E-state index in [4.69, 9.17) is 23.2 Å². The molecule has 0 radical (unpaired) electrons. The number of rotatable bonds is 4. The van der Waals surface area contributed by atoms with E-state index >= 15 is 0 Å². The molecule has 0 amide bonds. The van der Waals surface area contributed by atoms with Gasteiger partial charge in [0.05, 0.1) is 32.5 Å². The summed E-state index contributed by atoms with van der Waals surface area (Å²) in [4.78, 5) is 4.31. The molecule has 0 aromatic heterocycles. The molecule has 10 heteroatoms. The minimum atomic E-state index is -4.56. The lowest BCUT2D eigenvalue weighted by Crippen LogP contribution is -2.16. The van der Waals surface area contributed by atoms with Crippen molar-refractivity contribution in [1.82, 2.24) is 0 Å². The molecule has 3 aromatic rings. The Bertz CT molecular complexity index is 1130. The predicted octanol–water partition coefficient (Wildman–Crippen LogP) is 8.42. The molecule has 0 fully saturated rings. The Balaban J connectivity index is 1.98. The van der Waals surface area contributed by atoms with E-state index in [9.17, 15) is 26.3 Å². The van der Waals surface area contributed by atoms with Gasteiger partial charge in [-0.2, -0.15) is 26.3 Å². The zero-order valence-corrected chi connectivity index (χ0v) is 17.5. The number of benzene rings is 3. The van der Waals surface area contributed by atoms with Gasteiger partial charge in [-0.3, -0.25) is 0 Å². The number of hydrogen-bond donors (Lipinski definition) is 1. The highest BCUT2D eigenvalue weighted by molar-refractivity contribution is 6.34. The smallest absolute Gasteiger partial charge is 0.342 e. The zero-order valence-electron chi connectivity index (χ0n) is 16.0. The van der Waals surface area contributed by atoms with Crippen molar-refractivity contribution in [3.05, 3.63) is 93.5 Å². The molecule has 0 saturated heterocycles. The van der Waals surface area contributed by atoms with Crippen LogP contribution in [-0.2, 0) is 18.8 Å². The van der Waals surface area contributed by atoms with Crippen LogP contribution in [0.1, 0.15) is 16.7 Å². The van der Waals surface area contributed by atoms with E-state index in [1.54, 1.807) is 30.3 Å². The van der Waals surface area contributed by atoms with Crippen molar-refractivity contribution >= 4 is 40.4 Å². The molecule has 0 aliphatic carbocycles. The summed E-state index contributed by atoms with van der Waals surface area (Å²) in [6.45, 7) is 0. The van der Waals surface area contributed by atoms with E-state index in [2.05, 4.69) is 10.3 Å². The first-order valence-electron chi connectivity index (χ1n) is 9.05. The molecule has 32 heavy (non-hydrogen) atoms. The highest BCUT2D eigenvalue weighted by Gasteiger charge is 2.31. The Hall–Kier alpha value is -2.71. The summed E-state index contributed by atoms with van der Waals surface area (Å²) in [5.74, 6) is 0.222. The van der Waals surface area contributed by atoms with Crippen LogP contribution in [0.5, 0.6) is 0 Å². The van der Waals surface area contributed by atoms with Crippen molar-refractivity contribution in [3.8, 4) is 0 Å². The van der Waals surface area contributed by atoms with Crippen LogP contribution in [0, 0.1) is 0 Å². The van der Waals surface area contributed by atoms with Crippen molar-refractivity contribution in [2.45, 2.75) is 18.8 Å². The summed E-state index contributed by atoms with van der Waals surface area (Å²) in [5, 5.41) is 2.44. The standard InChI is InChI=1S/C22H14Cl2F6N2/c23-16-11-14(21(25,26)27)6-8-18(16)31-20(10-13-4-2-1-3-5-13)32-19-9-7-15(12-17(19)24)22(28,29)30/h1-9,11-12H,10H2,(H,31,32). The number of hydrogen-bond acceptors (Lipinski definition) is 1. The van der Waals surface area contributed by atoms with E-state index in [-0.39, 0.29) is 33.7 Å². The number of aliphatic imine (C=N–C) groups is 1. The summed E-state index contributed by atoms with van der Waals surface area (Å²) < 4.78 is 77.4. The molecule has 0 unspecified atom stereocenters. The first-order valence-corrected chi connectivity index (χ1v) is 9.81. The summed E-state index contributed by atoms with van der Waals surface area (Å²) in [6.07, 6.45) is -8.93. The van der Waals surface area contributed by atoms with Gasteiger partial charge in [0, 0.05) is 6.42 Å². The minimum Gasteiger partial charge on any atom is -0.342 e. The van der Waals surface area contributed by atoms with Gasteiger partial charge in [-0.25, -0.2) is 4.99 Å². The van der Waals surface area contributed by atoms with Crippen LogP contribution < -0.4 is 5.32 Å². The van der Waals surface area contributed by atoms with Gasteiger partial charge >= 0.3 is 12.4 Å². The molecule has 0 spiro atoms. The van der Waals surface area contributed by atoms with Gasteiger partial charge in [0.25, 0.3) is 0 Å². The van der Waals surface area contributed by atoms with Crippen LogP contribution in [-0.4, -0.2) is 5.84 Å². The maximum atomic E-state index is 12.9. The number of nitrogens with zero attached hydrogens (tertiary/aromatic N) is 1. The maximum Gasteiger partial charge on any atom is 0.416 e. The van der Waals surface area contributed by atoms with Crippen LogP contribution in [0.25, 0.3) is 0 Å². The van der Waals surface area contributed by atoms with Crippen LogP contribution in [0.3, 0.4) is 0 Å². The quantitative estimate of drug-likeness (QED) is 0.221. The fraction of sp³-hybridized carbons (Fsp3) is 0.136. The zero-order chi connectivity index (χ0) is 23.5. The number of anilines is 1. The maximum absolute atomic E-state index is 12.9. The monoisotopic (exact) mass is 490 g/mol. The molecule has 0 aliphatic rings. The second kappa shape index (κ2) is 9.42. The summed E-state index contributed by atoms with van der Waals surface area (Å²) in [5.41, 5.74) is -0.839. The number of halogens is 8. The lowest BCUT2D eigenvalue weighted by molar-refractivity contribution is -0.138. The Kier molecular flexibility index (Phi) is 7.05. The molecular formula is C22H14Cl2F6N2. The van der Waals surface area contributed by atoms with Gasteiger partial charge in [0.2, 0.25) is 0 Å². The van der Waals surface area contributed by atoms with E-state index < -0.39 is 23.5 Å². The lowest BCUT2D eigenvalue weighted by Gasteiger charge is -2.15. The minimum absolute atomic E-state index is 0.0566. The van der Waals surface area contributed by atoms with Crippen molar-refractivity contribution in [2.75, 3.05) is 5.32 Å². The third-order valence-corrected chi connectivity index (χ3v) is 4.94. The summed E-state index contributed by atoms with van der Waals surface area (Å²) >= 11 is 12.0. The van der Waals surface area contributed by atoms with Crippen molar-refractivity contribution in [1.29, 1.82) is 0 Å². The first kappa shape index (κ1) is 23.9. The van der Waals surface area contributed by atoms with E-state index in [1.807, 2.05) is 0 Å². The average molecular weight is 491 g/mol. The molecule has 0 aliphatic heterocycles. The van der Waals surface area contributed by atoms with Gasteiger partial charge in [0.15, 0.2) is 0 Å². The summed E-state index contributed by atoms with van der Waals surface area (Å²) in [6, 6.07) is 14.4. The lowest BCUT2D eigenvalue weighted by atomic mass is 10.1. The molecular weight excluding hydrogens is 477 g/mol. The molecule has 3 rings (SSSR count). The van der Waals surface area contributed by atoms with E-state index in [0.29, 0.717) is 0 Å². The van der Waals surface area contributed by atoms with Crippen molar-refractivity contribution in [2.24, 2.45) is 4.99 Å². The topological polar surface area (TPSA) is 24.4 Å². The van der Waals surface area contributed by atoms with Crippen LogP contribution >= 0.6 is 23.2 Å². The SMILES string of the molecule is FC(F)(F)c1ccc(N=C(Cc2ccccc2)Nc2ccc(C(F)(F)F)cc2Cl)c(Cl)c1. The van der Waals surface area contributed by atoms with Gasteiger partial charge in [-0.1, -0.05) is 53.5 Å². The first-order chi connectivity index (χ1) is 14.9. The van der Waals surface area contributed by atoms with Crippen molar-refractivity contribution < 1.29 is 26.3 Å². The van der Waals surface area contributed by atoms with Crippen LogP contribution in [0.2, 0.25) is 10.0 Å². The highest BCUT2D eigenvalue weighted by atomic mass is 35.5. The molecule has 168 valence electrons. The second-order valence-corrected chi connectivity index (χ2v) is 7.52. The third kappa shape index (κ3) is 6.17. The third-order valence-electron chi connectivity index (χ3n) is 4.32. The van der Waals surface area contributed by atoms with Crippen molar-refractivity contribution in [3.63, 3.8) is 0 Å². The molecule has 2 nitrogen and oxygen atoms in total. The molecule has 0 saturated carbocycles. The van der Waals surface area contributed by atoms with Gasteiger partial charge in [-0.05, 0) is 42.0 Å². The predicted molar refractivity (Wildman–Crippen MR) is 114 cm³/mol. The Morgan fingerprint density at radius 3 is 1.84 bits per heavy atom. The van der Waals surface area contributed by atoms with Gasteiger partial charge in [-0.15, -0.1) is 0 Å². The molecule has 3 aromatic carbocycles. The summed E-state index contributed by atoms with van der Waals surface area (Å²) in [7, 11) is 0. The number of amidine groups is 1. The normalized spacial score (nSPS) is 12.7. The fourth-order valence-corrected chi connectivity index (χ4v) is 3.22. The molecule has 0 heterocycles. The Morgan fingerprint density at radius 2 is 1.31 bits per heavy atom. The highest BCUT2D eigenvalue weighted by Crippen LogP contribution is 2.36. The second-order valence-electron chi connectivity index (χ2n) is 6.70. The van der Waals surface area contributed by atoms with Gasteiger partial charge < -0.3 is 5.32 Å². The Morgan fingerprint density at radius 1 is 0.750 bits per heavy atom. The largest absolute Gasteiger partial charge is 0.416 e. The average Bonchev–Trinajstić information content (AvgIpc) is 2.70. The van der Waals surface area contributed by atoms with Crippen LogP contribution in [0.4, 0.5) is 37.7 Å².